The van der Waals surface area contributed by atoms with E-state index < -0.39 is 17.2 Å². The van der Waals surface area contributed by atoms with Crippen LogP contribution >= 0.6 is 0 Å². The summed E-state index contributed by atoms with van der Waals surface area (Å²) < 4.78 is 0. The average molecular weight is 380 g/mol. The van der Waals surface area contributed by atoms with Gasteiger partial charge >= 0.3 is 0 Å². The average Bonchev–Trinajstić information content (AvgIpc) is 2.95. The Morgan fingerprint density at radius 2 is 1.79 bits per heavy atom. The van der Waals surface area contributed by atoms with Gasteiger partial charge in [-0.25, -0.2) is 4.90 Å². The first-order chi connectivity index (χ1) is 13.5. The second-order valence-electron chi connectivity index (χ2n) is 7.31. The molecule has 0 bridgehead atoms. The largest absolute Gasteiger partial charge is 0.355 e. The lowest BCUT2D eigenvalue weighted by Gasteiger charge is -2.27. The second kappa shape index (κ2) is 8.13. The molecule has 3 rings (SSSR count). The van der Waals surface area contributed by atoms with Crippen LogP contribution in [-0.4, -0.2) is 24.3 Å². The zero-order valence-corrected chi connectivity index (χ0v) is 16.8. The fourth-order valence-corrected chi connectivity index (χ4v) is 4.10. The summed E-state index contributed by atoms with van der Waals surface area (Å²) in [5.41, 5.74) is 1.04. The van der Waals surface area contributed by atoms with E-state index in [0.717, 1.165) is 24.0 Å². The Labute approximate surface area is 166 Å². The topological polar surface area (TPSA) is 66.5 Å². The van der Waals surface area contributed by atoms with E-state index in [-0.39, 0.29) is 11.8 Å². The molecule has 1 saturated heterocycles. The third kappa shape index (κ3) is 2.99. The highest BCUT2D eigenvalue weighted by Gasteiger charge is 2.62. The summed E-state index contributed by atoms with van der Waals surface area (Å²) in [6.45, 7) is 6.54. The lowest BCUT2D eigenvalue weighted by atomic mass is 9.73. The summed E-state index contributed by atoms with van der Waals surface area (Å²) in [6, 6.07) is 5.83. The molecule has 5 heteroatoms. The molecule has 1 aromatic carbocycles. The number of benzene rings is 1. The predicted molar refractivity (Wildman–Crippen MR) is 110 cm³/mol. The molecule has 0 saturated carbocycles. The highest BCUT2D eigenvalue weighted by Crippen LogP contribution is 2.46. The van der Waals surface area contributed by atoms with Gasteiger partial charge < -0.3 is 5.32 Å². The standard InChI is InChI=1S/C23H28N2O3/c1-4-7-15-24-21(27)23-14-9-8-13-18(23)20(26)25(22(23)28)19-16(5-2)11-10-12-17(19)6-3/h8-14,18H,4-7,15H2,1-3H3,(H,24,27). The van der Waals surface area contributed by atoms with Crippen molar-refractivity contribution >= 4 is 23.4 Å². The van der Waals surface area contributed by atoms with Crippen molar-refractivity contribution in [1.29, 1.82) is 0 Å². The monoisotopic (exact) mass is 380 g/mol. The van der Waals surface area contributed by atoms with Gasteiger partial charge in [-0.15, -0.1) is 0 Å². The molecule has 0 radical (unpaired) electrons. The molecular weight excluding hydrogens is 352 g/mol. The van der Waals surface area contributed by atoms with Crippen LogP contribution in [0.4, 0.5) is 5.69 Å². The van der Waals surface area contributed by atoms with Crippen molar-refractivity contribution in [2.24, 2.45) is 11.3 Å². The van der Waals surface area contributed by atoms with Gasteiger partial charge in [0.25, 0.3) is 5.91 Å². The van der Waals surface area contributed by atoms with Crippen molar-refractivity contribution < 1.29 is 14.4 Å². The Bertz CT molecular complexity index is 833. The molecule has 1 fully saturated rings. The minimum absolute atomic E-state index is 0.327. The smallest absolute Gasteiger partial charge is 0.254 e. The molecule has 3 amide bonds. The van der Waals surface area contributed by atoms with E-state index >= 15 is 0 Å². The molecule has 28 heavy (non-hydrogen) atoms. The number of nitrogens with zero attached hydrogens (tertiary/aromatic N) is 1. The highest BCUT2D eigenvalue weighted by atomic mass is 16.2. The third-order valence-corrected chi connectivity index (χ3v) is 5.69. The first-order valence-corrected chi connectivity index (χ1v) is 10.2. The number of hydrogen-bond acceptors (Lipinski definition) is 3. The van der Waals surface area contributed by atoms with Gasteiger partial charge in [-0.1, -0.05) is 69.7 Å². The van der Waals surface area contributed by atoms with Crippen LogP contribution in [0.2, 0.25) is 0 Å². The number of para-hydroxylation sites is 1. The van der Waals surface area contributed by atoms with Crippen molar-refractivity contribution in [3.05, 3.63) is 53.6 Å². The van der Waals surface area contributed by atoms with Crippen LogP contribution in [0.15, 0.2) is 42.5 Å². The second-order valence-corrected chi connectivity index (χ2v) is 7.31. The molecule has 1 N–H and O–H groups in total. The van der Waals surface area contributed by atoms with Crippen molar-refractivity contribution in [2.45, 2.75) is 46.5 Å². The number of aryl methyl sites for hydroxylation is 2. The van der Waals surface area contributed by atoms with Crippen LogP contribution in [-0.2, 0) is 27.2 Å². The number of rotatable bonds is 7. The molecule has 0 aromatic heterocycles. The SMILES string of the molecule is CCCCNC(=O)C12C=CC=CC1C(=O)N(c1c(CC)cccc1CC)C2=O. The zero-order chi connectivity index (χ0) is 20.3. The normalized spacial score (nSPS) is 23.2. The van der Waals surface area contributed by atoms with Crippen LogP contribution in [0.25, 0.3) is 0 Å². The molecule has 0 spiro atoms. The van der Waals surface area contributed by atoms with Gasteiger partial charge in [-0.2, -0.15) is 0 Å². The molecule has 1 aliphatic carbocycles. The van der Waals surface area contributed by atoms with E-state index in [1.165, 1.54) is 4.90 Å². The van der Waals surface area contributed by atoms with Crippen molar-refractivity contribution in [2.75, 3.05) is 11.4 Å². The van der Waals surface area contributed by atoms with E-state index in [0.29, 0.717) is 25.1 Å². The quantitative estimate of drug-likeness (QED) is 0.448. The van der Waals surface area contributed by atoms with Crippen LogP contribution in [0.5, 0.6) is 0 Å². The maximum Gasteiger partial charge on any atom is 0.254 e. The number of anilines is 1. The van der Waals surface area contributed by atoms with Crippen molar-refractivity contribution in [1.82, 2.24) is 5.32 Å². The van der Waals surface area contributed by atoms with Crippen LogP contribution < -0.4 is 10.2 Å². The van der Waals surface area contributed by atoms with E-state index in [2.05, 4.69) is 5.32 Å². The van der Waals surface area contributed by atoms with E-state index in [1.54, 1.807) is 24.3 Å². The number of nitrogens with one attached hydrogen (secondary N) is 1. The fraction of sp³-hybridized carbons (Fsp3) is 0.435. The Hall–Kier alpha value is -2.69. The molecule has 2 atom stereocenters. The number of hydrogen-bond donors (Lipinski definition) is 1. The molecule has 148 valence electrons. The Balaban J connectivity index is 2.10. The summed E-state index contributed by atoms with van der Waals surface area (Å²) in [5, 5.41) is 2.87. The number of imide groups is 1. The summed E-state index contributed by atoms with van der Waals surface area (Å²) in [4.78, 5) is 41.4. The fourth-order valence-electron chi connectivity index (χ4n) is 4.10. The minimum Gasteiger partial charge on any atom is -0.355 e. The van der Waals surface area contributed by atoms with Crippen molar-refractivity contribution in [3.8, 4) is 0 Å². The maximum atomic E-state index is 13.6. The lowest BCUT2D eigenvalue weighted by molar-refractivity contribution is -0.138. The number of allylic oxidation sites excluding steroid dienone is 2. The van der Waals surface area contributed by atoms with Gasteiger partial charge in [0.15, 0.2) is 5.41 Å². The predicted octanol–water partition coefficient (Wildman–Crippen LogP) is 3.33. The number of fused-ring (bicyclic) bond motifs is 1. The molecule has 1 heterocycles. The van der Waals surface area contributed by atoms with Gasteiger partial charge in [0.1, 0.15) is 0 Å². The maximum absolute atomic E-state index is 13.6. The summed E-state index contributed by atoms with van der Waals surface area (Å²) in [6.07, 6.45) is 9.88. The third-order valence-electron chi connectivity index (χ3n) is 5.69. The molecule has 2 aliphatic rings. The van der Waals surface area contributed by atoms with Crippen LogP contribution in [0.3, 0.4) is 0 Å². The summed E-state index contributed by atoms with van der Waals surface area (Å²) >= 11 is 0. The van der Waals surface area contributed by atoms with Gasteiger partial charge in [-0.3, -0.25) is 14.4 Å². The first kappa shape index (κ1) is 20.1. The lowest BCUT2D eigenvalue weighted by Crippen LogP contribution is -2.49. The number of amides is 3. The number of carbonyl (C=O) groups is 3. The minimum atomic E-state index is -1.49. The van der Waals surface area contributed by atoms with Crippen LogP contribution in [0.1, 0.15) is 44.7 Å². The Morgan fingerprint density at radius 1 is 1.11 bits per heavy atom. The van der Waals surface area contributed by atoms with Crippen LogP contribution in [0, 0.1) is 11.3 Å². The number of carbonyl (C=O) groups excluding carboxylic acids is 3. The highest BCUT2D eigenvalue weighted by molar-refractivity contribution is 6.32. The number of unbranched alkanes of at least 4 members (excludes halogenated alkanes) is 1. The molecule has 1 aromatic rings. The summed E-state index contributed by atoms with van der Waals surface area (Å²) in [7, 11) is 0. The van der Waals surface area contributed by atoms with Gasteiger partial charge in [-0.05, 0) is 30.4 Å². The van der Waals surface area contributed by atoms with E-state index in [9.17, 15) is 14.4 Å². The molecule has 5 nitrogen and oxygen atoms in total. The van der Waals surface area contributed by atoms with E-state index in [4.69, 9.17) is 0 Å². The Morgan fingerprint density at radius 3 is 2.39 bits per heavy atom. The summed E-state index contributed by atoms with van der Waals surface area (Å²) in [5.74, 6) is -1.97. The molecule has 1 aliphatic heterocycles. The zero-order valence-electron chi connectivity index (χ0n) is 16.8. The molecule has 2 unspecified atom stereocenters. The Kier molecular flexibility index (Phi) is 5.82. The first-order valence-electron chi connectivity index (χ1n) is 10.2. The van der Waals surface area contributed by atoms with Gasteiger partial charge in [0, 0.05) is 6.54 Å². The van der Waals surface area contributed by atoms with E-state index in [1.807, 2.05) is 39.0 Å². The van der Waals surface area contributed by atoms with Crippen molar-refractivity contribution in [3.63, 3.8) is 0 Å². The van der Waals surface area contributed by atoms with Gasteiger partial charge in [0.2, 0.25) is 11.8 Å². The van der Waals surface area contributed by atoms with Gasteiger partial charge in [0.05, 0.1) is 11.6 Å². The molecular formula is C23H28N2O3.